The number of hydrogen-bond acceptors (Lipinski definition) is 2. The fraction of sp³-hybridized carbons (Fsp3) is 0.417. The number of Topliss-reactive ketones (excluding diaryl/α,β-unsaturated/α-hetero) is 2. The lowest BCUT2D eigenvalue weighted by Gasteiger charge is -2.31. The highest BCUT2D eigenvalue weighted by molar-refractivity contribution is 6.30. The largest absolute Gasteiger partial charge is 0.298 e. The zero-order valence-electron chi connectivity index (χ0n) is 16.0. The van der Waals surface area contributed by atoms with Gasteiger partial charge in [0.15, 0.2) is 5.78 Å². The molecule has 3 heteroatoms. The Labute approximate surface area is 165 Å². The van der Waals surface area contributed by atoms with Crippen LogP contribution in [0.4, 0.5) is 0 Å². The van der Waals surface area contributed by atoms with Gasteiger partial charge < -0.3 is 0 Å². The summed E-state index contributed by atoms with van der Waals surface area (Å²) >= 11 is 6.03. The van der Waals surface area contributed by atoms with E-state index in [1.807, 2.05) is 31.2 Å². The van der Waals surface area contributed by atoms with Crippen molar-refractivity contribution < 1.29 is 9.59 Å². The number of carbonyl (C=O) groups is 2. The van der Waals surface area contributed by atoms with Gasteiger partial charge in [-0.3, -0.25) is 9.59 Å². The van der Waals surface area contributed by atoms with Crippen molar-refractivity contribution in [2.24, 2.45) is 5.41 Å². The molecule has 0 aliphatic heterocycles. The molecule has 1 atom stereocenters. The first-order chi connectivity index (χ1) is 12.9. The van der Waals surface area contributed by atoms with Gasteiger partial charge in [0.2, 0.25) is 0 Å². The van der Waals surface area contributed by atoms with E-state index in [2.05, 4.69) is 19.1 Å². The van der Waals surface area contributed by atoms with Gasteiger partial charge in [-0.2, -0.15) is 0 Å². The molecule has 0 radical (unpaired) electrons. The molecule has 2 aromatic carbocycles. The predicted molar refractivity (Wildman–Crippen MR) is 109 cm³/mol. The molecule has 2 aliphatic rings. The molecule has 4 rings (SSSR count). The first-order valence-electron chi connectivity index (χ1n) is 9.85. The minimum absolute atomic E-state index is 0.107. The highest BCUT2D eigenvalue weighted by Gasteiger charge is 2.53. The lowest BCUT2D eigenvalue weighted by atomic mass is 9.71. The van der Waals surface area contributed by atoms with E-state index in [0.717, 1.165) is 53.5 Å². The van der Waals surface area contributed by atoms with E-state index in [4.69, 9.17) is 11.6 Å². The number of aryl methyl sites for hydroxylation is 2. The van der Waals surface area contributed by atoms with E-state index in [1.165, 1.54) is 6.42 Å². The van der Waals surface area contributed by atoms with Gasteiger partial charge >= 0.3 is 0 Å². The Hall–Kier alpha value is -1.93. The van der Waals surface area contributed by atoms with E-state index in [1.54, 1.807) is 0 Å². The SMILES string of the molecule is Cc1cc(C)c(C2C(=O)CC3(CCCCC3)C2=O)cc1-c1ccc(Cl)cc1. The van der Waals surface area contributed by atoms with Crippen molar-refractivity contribution in [3.8, 4) is 11.1 Å². The smallest absolute Gasteiger partial charge is 0.154 e. The van der Waals surface area contributed by atoms with Gasteiger partial charge in [-0.25, -0.2) is 0 Å². The summed E-state index contributed by atoms with van der Waals surface area (Å²) in [7, 11) is 0. The van der Waals surface area contributed by atoms with Crippen LogP contribution in [0.3, 0.4) is 0 Å². The third-order valence-electron chi connectivity index (χ3n) is 6.51. The van der Waals surface area contributed by atoms with E-state index in [0.29, 0.717) is 11.4 Å². The van der Waals surface area contributed by atoms with Gasteiger partial charge in [0, 0.05) is 16.9 Å². The molecular weight excluding hydrogens is 356 g/mol. The topological polar surface area (TPSA) is 34.1 Å². The third kappa shape index (κ3) is 3.14. The molecule has 2 saturated carbocycles. The maximum atomic E-state index is 13.4. The molecule has 1 unspecified atom stereocenters. The molecule has 0 N–H and O–H groups in total. The Morgan fingerprint density at radius 2 is 1.59 bits per heavy atom. The average molecular weight is 381 g/mol. The fourth-order valence-electron chi connectivity index (χ4n) is 5.06. The quantitative estimate of drug-likeness (QED) is 0.581. The first-order valence-corrected chi connectivity index (χ1v) is 10.2. The second-order valence-electron chi connectivity index (χ2n) is 8.31. The summed E-state index contributed by atoms with van der Waals surface area (Å²) in [6, 6.07) is 11.9. The fourth-order valence-corrected chi connectivity index (χ4v) is 5.19. The van der Waals surface area contributed by atoms with Crippen molar-refractivity contribution in [1.29, 1.82) is 0 Å². The zero-order valence-corrected chi connectivity index (χ0v) is 16.7. The molecule has 0 saturated heterocycles. The maximum Gasteiger partial charge on any atom is 0.154 e. The second kappa shape index (κ2) is 6.91. The van der Waals surface area contributed by atoms with Crippen molar-refractivity contribution >= 4 is 23.2 Å². The molecule has 1 spiro atoms. The average Bonchev–Trinajstić information content (AvgIpc) is 2.87. The summed E-state index contributed by atoms with van der Waals surface area (Å²) in [6.07, 6.45) is 5.49. The first kappa shape index (κ1) is 18.4. The van der Waals surface area contributed by atoms with Crippen LogP contribution in [0.2, 0.25) is 5.02 Å². The number of carbonyl (C=O) groups excluding carboxylic acids is 2. The molecule has 2 fully saturated rings. The zero-order chi connectivity index (χ0) is 19.2. The Morgan fingerprint density at radius 3 is 2.26 bits per heavy atom. The summed E-state index contributed by atoms with van der Waals surface area (Å²) < 4.78 is 0. The normalized spacial score (nSPS) is 21.8. The van der Waals surface area contributed by atoms with Crippen LogP contribution in [0.25, 0.3) is 11.1 Å². The number of hydrogen-bond donors (Lipinski definition) is 0. The van der Waals surface area contributed by atoms with E-state index >= 15 is 0 Å². The molecule has 0 amide bonds. The monoisotopic (exact) mass is 380 g/mol. The van der Waals surface area contributed by atoms with Crippen LogP contribution in [-0.2, 0) is 9.59 Å². The molecule has 140 valence electrons. The molecular formula is C24H25ClO2. The molecule has 2 aromatic rings. The van der Waals surface area contributed by atoms with Crippen LogP contribution in [0, 0.1) is 19.3 Å². The third-order valence-corrected chi connectivity index (χ3v) is 6.76. The highest BCUT2D eigenvalue weighted by atomic mass is 35.5. The Bertz CT molecular complexity index is 905. The van der Waals surface area contributed by atoms with Crippen LogP contribution >= 0.6 is 11.6 Å². The Balaban J connectivity index is 1.77. The van der Waals surface area contributed by atoms with Gasteiger partial charge in [0.25, 0.3) is 0 Å². The Morgan fingerprint density at radius 1 is 0.926 bits per heavy atom. The number of rotatable bonds is 2. The molecule has 0 bridgehead atoms. The summed E-state index contributed by atoms with van der Waals surface area (Å²) in [4.78, 5) is 26.3. The molecule has 27 heavy (non-hydrogen) atoms. The van der Waals surface area contributed by atoms with E-state index in [-0.39, 0.29) is 11.6 Å². The van der Waals surface area contributed by atoms with Crippen molar-refractivity contribution in [2.45, 2.75) is 58.3 Å². The minimum atomic E-state index is -0.588. The molecule has 0 heterocycles. The summed E-state index contributed by atoms with van der Waals surface area (Å²) in [5, 5.41) is 0.698. The summed E-state index contributed by atoms with van der Waals surface area (Å²) in [5.74, 6) is -0.313. The van der Waals surface area contributed by atoms with Crippen molar-refractivity contribution in [2.75, 3.05) is 0 Å². The minimum Gasteiger partial charge on any atom is -0.298 e. The molecule has 0 aromatic heterocycles. The van der Waals surface area contributed by atoms with Gasteiger partial charge in [0.1, 0.15) is 11.7 Å². The van der Waals surface area contributed by atoms with E-state index in [9.17, 15) is 9.59 Å². The number of halogens is 1. The van der Waals surface area contributed by atoms with Gasteiger partial charge in [-0.1, -0.05) is 49.1 Å². The highest BCUT2D eigenvalue weighted by Crippen LogP contribution is 2.50. The second-order valence-corrected chi connectivity index (χ2v) is 8.75. The molecule has 2 aliphatic carbocycles. The number of benzene rings is 2. The van der Waals surface area contributed by atoms with Crippen molar-refractivity contribution in [1.82, 2.24) is 0 Å². The van der Waals surface area contributed by atoms with Gasteiger partial charge in [-0.05, 0) is 72.7 Å². The summed E-state index contributed by atoms with van der Waals surface area (Å²) in [5.41, 5.74) is 4.80. The van der Waals surface area contributed by atoms with E-state index < -0.39 is 11.3 Å². The standard InChI is InChI=1S/C24H25ClO2/c1-15-12-16(2)20(13-19(15)17-6-8-18(25)9-7-17)22-21(26)14-24(23(22)27)10-4-3-5-11-24/h6-9,12-13,22H,3-5,10-11,14H2,1-2H3. The van der Waals surface area contributed by atoms with Crippen LogP contribution in [-0.4, -0.2) is 11.6 Å². The maximum absolute atomic E-state index is 13.4. The van der Waals surface area contributed by atoms with Crippen LogP contribution in [0.5, 0.6) is 0 Å². The predicted octanol–water partition coefficient (Wildman–Crippen LogP) is 6.20. The van der Waals surface area contributed by atoms with Crippen LogP contribution in [0.1, 0.15) is 61.1 Å². The Kier molecular flexibility index (Phi) is 4.71. The lowest BCUT2D eigenvalue weighted by Crippen LogP contribution is -2.30. The molecule has 2 nitrogen and oxygen atoms in total. The lowest BCUT2D eigenvalue weighted by molar-refractivity contribution is -0.129. The summed E-state index contributed by atoms with van der Waals surface area (Å²) in [6.45, 7) is 4.09. The van der Waals surface area contributed by atoms with Crippen LogP contribution in [0.15, 0.2) is 36.4 Å². The van der Waals surface area contributed by atoms with Gasteiger partial charge in [-0.15, -0.1) is 0 Å². The van der Waals surface area contributed by atoms with Crippen molar-refractivity contribution in [3.63, 3.8) is 0 Å². The number of ketones is 2. The van der Waals surface area contributed by atoms with Gasteiger partial charge in [0.05, 0.1) is 0 Å². The van der Waals surface area contributed by atoms with Crippen LogP contribution < -0.4 is 0 Å². The van der Waals surface area contributed by atoms with Crippen molar-refractivity contribution in [3.05, 3.63) is 58.1 Å².